The highest BCUT2D eigenvalue weighted by Crippen LogP contribution is 2.17. The number of rotatable bonds is 9. The van der Waals surface area contributed by atoms with E-state index in [0.29, 0.717) is 23.5 Å². The molecule has 0 amide bonds. The maximum atomic E-state index is 12.4. The van der Waals surface area contributed by atoms with Crippen LogP contribution in [0.2, 0.25) is 0 Å². The molecule has 8 heteroatoms. The Balaban J connectivity index is 1.56. The summed E-state index contributed by atoms with van der Waals surface area (Å²) >= 11 is 0. The molecule has 0 saturated carbocycles. The van der Waals surface area contributed by atoms with Crippen molar-refractivity contribution >= 4 is 23.7 Å². The molecule has 174 valence electrons. The third-order valence-electron chi connectivity index (χ3n) is 4.65. The Bertz CT molecular complexity index is 1160. The minimum Gasteiger partial charge on any atom is -0.460 e. The SMILES string of the molecule is COCCOC(=O)c1ccc(OC(=O)c2ccc(C(=O)Oc3ccc(C(C)=O)cc3)cc2)cc1. The van der Waals surface area contributed by atoms with Gasteiger partial charge in [0, 0.05) is 12.7 Å². The molecule has 0 radical (unpaired) electrons. The average Bonchev–Trinajstić information content (AvgIpc) is 2.85. The Morgan fingerprint density at radius 3 is 1.35 bits per heavy atom. The van der Waals surface area contributed by atoms with Crippen LogP contribution in [0.4, 0.5) is 0 Å². The summed E-state index contributed by atoms with van der Waals surface area (Å²) in [5.74, 6) is -1.29. The number of ether oxygens (including phenoxy) is 4. The van der Waals surface area contributed by atoms with Gasteiger partial charge in [0.25, 0.3) is 0 Å². The van der Waals surface area contributed by atoms with Crippen molar-refractivity contribution in [2.75, 3.05) is 20.3 Å². The van der Waals surface area contributed by atoms with Gasteiger partial charge in [-0.2, -0.15) is 0 Å². The summed E-state index contributed by atoms with van der Waals surface area (Å²) in [5, 5.41) is 0. The molecule has 0 aliphatic carbocycles. The molecule has 0 atom stereocenters. The van der Waals surface area contributed by atoms with Gasteiger partial charge in [-0.1, -0.05) is 0 Å². The molecule has 0 unspecified atom stereocenters. The molecule has 3 aromatic carbocycles. The lowest BCUT2D eigenvalue weighted by atomic mass is 10.1. The number of Topliss-reactive ketones (excluding diaryl/α,β-unsaturated/α-hetero) is 1. The zero-order valence-corrected chi connectivity index (χ0v) is 18.6. The summed E-state index contributed by atoms with van der Waals surface area (Å²) < 4.78 is 20.4. The van der Waals surface area contributed by atoms with Crippen molar-refractivity contribution in [3.63, 3.8) is 0 Å². The van der Waals surface area contributed by atoms with E-state index >= 15 is 0 Å². The number of ketones is 1. The fourth-order valence-electron chi connectivity index (χ4n) is 2.79. The Morgan fingerprint density at radius 2 is 0.941 bits per heavy atom. The minimum atomic E-state index is -0.629. The first-order valence-corrected chi connectivity index (χ1v) is 10.3. The van der Waals surface area contributed by atoms with Crippen LogP contribution in [0.15, 0.2) is 72.8 Å². The highest BCUT2D eigenvalue weighted by molar-refractivity contribution is 5.96. The van der Waals surface area contributed by atoms with Crippen LogP contribution >= 0.6 is 0 Å². The lowest BCUT2D eigenvalue weighted by Crippen LogP contribution is -2.12. The van der Waals surface area contributed by atoms with E-state index in [4.69, 9.17) is 18.9 Å². The normalized spacial score (nSPS) is 10.3. The maximum absolute atomic E-state index is 12.4. The van der Waals surface area contributed by atoms with Gasteiger partial charge in [-0.15, -0.1) is 0 Å². The van der Waals surface area contributed by atoms with Crippen LogP contribution in [0, 0.1) is 0 Å². The van der Waals surface area contributed by atoms with E-state index in [2.05, 4.69) is 0 Å². The van der Waals surface area contributed by atoms with Crippen molar-refractivity contribution < 1.29 is 38.1 Å². The predicted octanol–water partition coefficient (Wildman–Crippen LogP) is 4.13. The summed E-state index contributed by atoms with van der Waals surface area (Å²) in [4.78, 5) is 47.9. The molecule has 0 bridgehead atoms. The topological polar surface area (TPSA) is 105 Å². The van der Waals surface area contributed by atoms with E-state index in [0.717, 1.165) is 0 Å². The molecule has 0 saturated heterocycles. The number of hydrogen-bond acceptors (Lipinski definition) is 8. The van der Waals surface area contributed by atoms with Crippen molar-refractivity contribution in [3.8, 4) is 11.5 Å². The summed E-state index contributed by atoms with van der Waals surface area (Å²) in [6.45, 7) is 1.89. The maximum Gasteiger partial charge on any atom is 0.343 e. The van der Waals surface area contributed by atoms with Crippen molar-refractivity contribution in [2.45, 2.75) is 6.92 Å². The summed E-state index contributed by atoms with van der Waals surface area (Å²) in [6.07, 6.45) is 0. The van der Waals surface area contributed by atoms with Gasteiger partial charge < -0.3 is 18.9 Å². The third kappa shape index (κ3) is 6.60. The van der Waals surface area contributed by atoms with Crippen molar-refractivity contribution in [1.82, 2.24) is 0 Å². The molecule has 0 heterocycles. The highest BCUT2D eigenvalue weighted by atomic mass is 16.6. The van der Waals surface area contributed by atoms with Crippen LogP contribution in [0.5, 0.6) is 11.5 Å². The van der Waals surface area contributed by atoms with Crippen LogP contribution in [-0.2, 0) is 9.47 Å². The van der Waals surface area contributed by atoms with Crippen molar-refractivity contribution in [1.29, 1.82) is 0 Å². The van der Waals surface area contributed by atoms with Gasteiger partial charge in [-0.05, 0) is 79.7 Å². The Hall–Kier alpha value is -4.30. The molecule has 34 heavy (non-hydrogen) atoms. The standard InChI is InChI=1S/C26H22O8/c1-17(27)18-7-11-22(12-8-18)33-25(29)20-3-5-21(6-4-20)26(30)34-23-13-9-19(10-14-23)24(28)32-16-15-31-2/h3-14H,15-16H2,1-2H3. The van der Waals surface area contributed by atoms with Crippen LogP contribution in [0.25, 0.3) is 0 Å². The van der Waals surface area contributed by atoms with Gasteiger partial charge in [0.15, 0.2) is 5.78 Å². The smallest absolute Gasteiger partial charge is 0.343 e. The minimum absolute atomic E-state index is 0.0863. The number of esters is 3. The highest BCUT2D eigenvalue weighted by Gasteiger charge is 2.14. The molecule has 0 spiro atoms. The van der Waals surface area contributed by atoms with E-state index in [1.54, 1.807) is 12.1 Å². The first-order chi connectivity index (χ1) is 16.4. The lowest BCUT2D eigenvalue weighted by molar-refractivity contribution is 0.0388. The predicted molar refractivity (Wildman–Crippen MR) is 121 cm³/mol. The zero-order chi connectivity index (χ0) is 24.5. The first-order valence-electron chi connectivity index (χ1n) is 10.3. The van der Waals surface area contributed by atoms with Crippen molar-refractivity contribution in [2.24, 2.45) is 0 Å². The van der Waals surface area contributed by atoms with Gasteiger partial charge in [-0.25, -0.2) is 14.4 Å². The fourth-order valence-corrected chi connectivity index (χ4v) is 2.79. The number of benzene rings is 3. The van der Waals surface area contributed by atoms with Gasteiger partial charge in [-0.3, -0.25) is 4.79 Å². The van der Waals surface area contributed by atoms with E-state index in [1.165, 1.54) is 74.7 Å². The van der Waals surface area contributed by atoms with E-state index in [9.17, 15) is 19.2 Å². The summed E-state index contributed by atoms with van der Waals surface area (Å²) in [7, 11) is 1.51. The number of hydrogen-bond donors (Lipinski definition) is 0. The number of carbonyl (C=O) groups is 4. The molecule has 3 aromatic rings. The Labute approximate surface area is 196 Å². The van der Waals surface area contributed by atoms with Crippen molar-refractivity contribution in [3.05, 3.63) is 95.1 Å². The van der Waals surface area contributed by atoms with Gasteiger partial charge >= 0.3 is 17.9 Å². The molecule has 0 aliphatic heterocycles. The van der Waals surface area contributed by atoms with Crippen LogP contribution in [-0.4, -0.2) is 44.0 Å². The largest absolute Gasteiger partial charge is 0.460 e. The average molecular weight is 462 g/mol. The van der Waals surface area contributed by atoms with Crippen LogP contribution in [0.1, 0.15) is 48.4 Å². The summed E-state index contributed by atoms with van der Waals surface area (Å²) in [6, 6.07) is 17.9. The van der Waals surface area contributed by atoms with Gasteiger partial charge in [0.2, 0.25) is 0 Å². The van der Waals surface area contributed by atoms with Gasteiger partial charge in [0.1, 0.15) is 18.1 Å². The Morgan fingerprint density at radius 1 is 0.559 bits per heavy atom. The molecule has 0 fully saturated rings. The monoisotopic (exact) mass is 462 g/mol. The van der Waals surface area contributed by atoms with E-state index in [-0.39, 0.29) is 29.3 Å². The second-order valence-electron chi connectivity index (χ2n) is 7.09. The molecule has 3 rings (SSSR count). The third-order valence-corrected chi connectivity index (χ3v) is 4.65. The second kappa shape index (κ2) is 11.5. The number of carbonyl (C=O) groups excluding carboxylic acids is 4. The molecule has 0 N–H and O–H groups in total. The first kappa shape index (κ1) is 24.3. The van der Waals surface area contributed by atoms with Crippen LogP contribution in [0.3, 0.4) is 0 Å². The quantitative estimate of drug-likeness (QED) is 0.202. The fraction of sp³-hybridized carbons (Fsp3) is 0.154. The zero-order valence-electron chi connectivity index (χ0n) is 18.6. The molecule has 0 aliphatic rings. The van der Waals surface area contributed by atoms with Gasteiger partial charge in [0.05, 0.1) is 23.3 Å². The number of methoxy groups -OCH3 is 1. The second-order valence-corrected chi connectivity index (χ2v) is 7.09. The molecule has 0 aromatic heterocycles. The lowest BCUT2D eigenvalue weighted by Gasteiger charge is -2.08. The summed E-state index contributed by atoms with van der Waals surface area (Å²) in [5.41, 5.74) is 1.29. The molecular weight excluding hydrogens is 440 g/mol. The van der Waals surface area contributed by atoms with E-state index < -0.39 is 17.9 Å². The molecule has 8 nitrogen and oxygen atoms in total. The van der Waals surface area contributed by atoms with E-state index in [1.807, 2.05) is 0 Å². The molecular formula is C26H22O8. The Kier molecular flexibility index (Phi) is 8.26. The van der Waals surface area contributed by atoms with Crippen LogP contribution < -0.4 is 9.47 Å².